The Morgan fingerprint density at radius 1 is 0.974 bits per heavy atom. The van der Waals surface area contributed by atoms with Crippen LogP contribution in [0.25, 0.3) is 0 Å². The average Bonchev–Trinajstić information content (AvgIpc) is 2.90. The van der Waals surface area contributed by atoms with Gasteiger partial charge in [-0.2, -0.15) is 5.26 Å². The first-order chi connectivity index (χ1) is 18.5. The van der Waals surface area contributed by atoms with Crippen molar-refractivity contribution < 1.29 is 28.4 Å². The molecule has 0 aliphatic heterocycles. The number of nitrogens with one attached hydrogen (secondary N) is 4. The summed E-state index contributed by atoms with van der Waals surface area (Å²) in [5, 5.41) is 19.1. The van der Waals surface area contributed by atoms with E-state index in [1.165, 1.54) is 6.07 Å². The van der Waals surface area contributed by atoms with Crippen molar-refractivity contribution in [1.82, 2.24) is 21.3 Å². The van der Waals surface area contributed by atoms with Crippen LogP contribution in [0.2, 0.25) is 0 Å². The molecule has 206 valence electrons. The van der Waals surface area contributed by atoms with Crippen LogP contribution < -0.4 is 27.0 Å². The summed E-state index contributed by atoms with van der Waals surface area (Å²) in [5.41, 5.74) is 5.58. The van der Waals surface area contributed by atoms with Crippen molar-refractivity contribution in [3.05, 3.63) is 71.0 Å². The van der Waals surface area contributed by atoms with Crippen LogP contribution in [0.4, 0.5) is 4.39 Å². The lowest BCUT2D eigenvalue weighted by Crippen LogP contribution is -2.51. The number of primary amides is 1. The van der Waals surface area contributed by atoms with Crippen molar-refractivity contribution >= 4 is 29.5 Å². The number of nitrogens with zero attached hydrogens (tertiary/aromatic N) is 1. The number of hydrogen-bond donors (Lipinski definition) is 5. The molecule has 0 aliphatic carbocycles. The first-order valence-corrected chi connectivity index (χ1v) is 12.2. The molecule has 39 heavy (non-hydrogen) atoms. The number of nitriles is 1. The molecule has 0 aliphatic rings. The third-order valence-corrected chi connectivity index (χ3v) is 5.61. The van der Waals surface area contributed by atoms with Gasteiger partial charge in [0, 0.05) is 24.9 Å². The molecule has 0 spiro atoms. The molecule has 0 radical (unpaired) electrons. The number of nitrogens with two attached hydrogens (primary N) is 1. The summed E-state index contributed by atoms with van der Waals surface area (Å²) in [6, 6.07) is 11.9. The van der Waals surface area contributed by atoms with Crippen LogP contribution >= 0.6 is 0 Å². The molecule has 6 N–H and O–H groups in total. The van der Waals surface area contributed by atoms with E-state index in [0.29, 0.717) is 0 Å². The molecular formula is C27H31FN6O5. The van der Waals surface area contributed by atoms with Crippen LogP contribution in [0.1, 0.15) is 41.8 Å². The van der Waals surface area contributed by atoms with E-state index in [9.17, 15) is 28.4 Å². The van der Waals surface area contributed by atoms with Crippen molar-refractivity contribution in [1.29, 1.82) is 5.26 Å². The largest absolute Gasteiger partial charge is 0.368 e. The zero-order valence-electron chi connectivity index (χ0n) is 21.6. The summed E-state index contributed by atoms with van der Waals surface area (Å²) in [5.74, 6) is -4.14. The van der Waals surface area contributed by atoms with Gasteiger partial charge in [0.2, 0.25) is 23.6 Å². The summed E-state index contributed by atoms with van der Waals surface area (Å²) >= 11 is 0. The van der Waals surface area contributed by atoms with Crippen molar-refractivity contribution in [2.75, 3.05) is 13.1 Å². The highest BCUT2D eigenvalue weighted by Crippen LogP contribution is 2.11. The molecule has 0 heterocycles. The van der Waals surface area contributed by atoms with Crippen molar-refractivity contribution in [3.63, 3.8) is 0 Å². The second kappa shape index (κ2) is 14.8. The molecule has 0 saturated heterocycles. The van der Waals surface area contributed by atoms with Gasteiger partial charge < -0.3 is 27.0 Å². The molecule has 11 nitrogen and oxygen atoms in total. The first-order valence-electron chi connectivity index (χ1n) is 12.2. The van der Waals surface area contributed by atoms with E-state index in [2.05, 4.69) is 21.3 Å². The molecule has 2 atom stereocenters. The van der Waals surface area contributed by atoms with Crippen LogP contribution in [-0.2, 0) is 25.6 Å². The summed E-state index contributed by atoms with van der Waals surface area (Å²) in [6.07, 6.45) is 0.00424. The lowest BCUT2D eigenvalue weighted by atomic mass is 10.0. The van der Waals surface area contributed by atoms with E-state index >= 15 is 0 Å². The predicted octanol–water partition coefficient (Wildman–Crippen LogP) is 0.287. The SMILES string of the molecule is CC(C)[C@H](NC(=O)c1ccc(F)c(C#N)c1)C(=O)NCCC(=O)N[C@@H](Cc1ccccc1)C(=O)NCC(N)=O. The number of amides is 5. The van der Waals surface area contributed by atoms with Gasteiger partial charge in [-0.15, -0.1) is 0 Å². The fourth-order valence-electron chi connectivity index (χ4n) is 3.54. The Balaban J connectivity index is 1.95. The number of benzene rings is 2. The fraction of sp³-hybridized carbons (Fsp3) is 0.333. The lowest BCUT2D eigenvalue weighted by Gasteiger charge is -2.22. The van der Waals surface area contributed by atoms with E-state index in [1.54, 1.807) is 44.2 Å². The Labute approximate surface area is 225 Å². The second-order valence-corrected chi connectivity index (χ2v) is 9.04. The number of rotatable bonds is 13. The maximum Gasteiger partial charge on any atom is 0.251 e. The van der Waals surface area contributed by atoms with Crippen molar-refractivity contribution in [3.8, 4) is 6.07 Å². The Kier molecular flexibility index (Phi) is 11.6. The maximum absolute atomic E-state index is 13.6. The van der Waals surface area contributed by atoms with Gasteiger partial charge in [-0.05, 0) is 29.7 Å². The van der Waals surface area contributed by atoms with Gasteiger partial charge in [-0.25, -0.2) is 4.39 Å². The van der Waals surface area contributed by atoms with Crippen LogP contribution in [0.15, 0.2) is 48.5 Å². The Morgan fingerprint density at radius 2 is 1.67 bits per heavy atom. The molecule has 0 unspecified atom stereocenters. The molecule has 0 aromatic heterocycles. The summed E-state index contributed by atoms with van der Waals surface area (Å²) in [4.78, 5) is 61.5. The van der Waals surface area contributed by atoms with Gasteiger partial charge in [-0.1, -0.05) is 44.2 Å². The summed E-state index contributed by atoms with van der Waals surface area (Å²) < 4.78 is 13.6. The molecule has 12 heteroatoms. The minimum Gasteiger partial charge on any atom is -0.368 e. The molecule has 2 aromatic carbocycles. The molecule has 5 amide bonds. The predicted molar refractivity (Wildman–Crippen MR) is 139 cm³/mol. The Morgan fingerprint density at radius 3 is 2.28 bits per heavy atom. The van der Waals surface area contributed by atoms with Gasteiger partial charge in [0.15, 0.2) is 0 Å². The molecule has 0 bridgehead atoms. The quantitative estimate of drug-likeness (QED) is 0.244. The Hall–Kier alpha value is -4.79. The van der Waals surface area contributed by atoms with E-state index in [0.717, 1.165) is 17.7 Å². The summed E-state index contributed by atoms with van der Waals surface area (Å²) in [6.45, 7) is 2.96. The number of halogens is 1. The van der Waals surface area contributed by atoms with Gasteiger partial charge in [0.25, 0.3) is 5.91 Å². The molecule has 2 aromatic rings. The standard InChI is InChI=1S/C27H31FN6O5/c1-16(2)24(34-25(37)18-8-9-20(28)19(13-18)14-29)27(39)31-11-10-23(36)33-21(26(38)32-15-22(30)35)12-17-6-4-3-5-7-17/h3-9,13,16,21,24H,10-12,15H2,1-2H3,(H2,30,35)(H,31,39)(H,32,38)(H,33,36)(H,34,37)/t21-,24-/m0/s1. The van der Waals surface area contributed by atoms with Gasteiger partial charge in [0.1, 0.15) is 24.0 Å². The minimum absolute atomic E-state index is 0.0184. The van der Waals surface area contributed by atoms with Gasteiger partial charge >= 0.3 is 0 Å². The van der Waals surface area contributed by atoms with E-state index in [4.69, 9.17) is 11.0 Å². The lowest BCUT2D eigenvalue weighted by molar-refractivity contribution is -0.130. The number of carbonyl (C=O) groups is 5. The average molecular weight is 539 g/mol. The zero-order chi connectivity index (χ0) is 28.9. The van der Waals surface area contributed by atoms with E-state index in [-0.39, 0.29) is 43.0 Å². The second-order valence-electron chi connectivity index (χ2n) is 9.04. The Bertz CT molecular complexity index is 1240. The van der Waals surface area contributed by atoms with Gasteiger partial charge in [0.05, 0.1) is 12.1 Å². The maximum atomic E-state index is 13.6. The molecular weight excluding hydrogens is 507 g/mol. The molecule has 2 rings (SSSR count). The van der Waals surface area contributed by atoms with Crippen LogP contribution in [-0.4, -0.2) is 54.7 Å². The van der Waals surface area contributed by atoms with Crippen molar-refractivity contribution in [2.45, 2.75) is 38.8 Å². The number of carbonyl (C=O) groups excluding carboxylic acids is 5. The molecule has 0 fully saturated rings. The van der Waals surface area contributed by atoms with Crippen molar-refractivity contribution in [2.24, 2.45) is 11.7 Å². The van der Waals surface area contributed by atoms with Gasteiger partial charge in [-0.3, -0.25) is 24.0 Å². The fourth-order valence-corrected chi connectivity index (χ4v) is 3.54. The van der Waals surface area contributed by atoms with Crippen LogP contribution in [0.3, 0.4) is 0 Å². The number of hydrogen-bond acceptors (Lipinski definition) is 6. The smallest absolute Gasteiger partial charge is 0.251 e. The monoisotopic (exact) mass is 538 g/mol. The normalized spacial score (nSPS) is 12.0. The van der Waals surface area contributed by atoms with E-state index in [1.807, 2.05) is 6.07 Å². The molecule has 0 saturated carbocycles. The van der Waals surface area contributed by atoms with Crippen LogP contribution in [0, 0.1) is 23.1 Å². The van der Waals surface area contributed by atoms with E-state index < -0.39 is 47.4 Å². The third kappa shape index (κ3) is 9.88. The highest BCUT2D eigenvalue weighted by molar-refractivity contribution is 5.98. The zero-order valence-corrected chi connectivity index (χ0v) is 21.6. The summed E-state index contributed by atoms with van der Waals surface area (Å²) in [7, 11) is 0. The van der Waals surface area contributed by atoms with Crippen LogP contribution in [0.5, 0.6) is 0 Å². The topological polar surface area (TPSA) is 183 Å². The highest BCUT2D eigenvalue weighted by atomic mass is 19.1. The minimum atomic E-state index is -0.980. The highest BCUT2D eigenvalue weighted by Gasteiger charge is 2.26. The third-order valence-electron chi connectivity index (χ3n) is 5.61. The first kappa shape index (κ1) is 30.4.